The maximum atomic E-state index is 11.9. The number of hydrogen-bond acceptors (Lipinski definition) is 5. The molecule has 2 amide bonds. The van der Waals surface area contributed by atoms with E-state index in [4.69, 9.17) is 0 Å². The largest absolute Gasteiger partial charge is 0.383 e. The summed E-state index contributed by atoms with van der Waals surface area (Å²) in [6.45, 7) is 6.27. The van der Waals surface area contributed by atoms with Crippen LogP contribution in [0, 0.1) is 0 Å². The summed E-state index contributed by atoms with van der Waals surface area (Å²) in [4.78, 5) is 16.3. The molecule has 0 radical (unpaired) electrons. The van der Waals surface area contributed by atoms with Crippen molar-refractivity contribution in [3.05, 3.63) is 34.0 Å². The van der Waals surface area contributed by atoms with Gasteiger partial charge in [-0.15, -0.1) is 11.3 Å². The second-order valence-electron chi connectivity index (χ2n) is 6.04. The van der Waals surface area contributed by atoms with Gasteiger partial charge in [-0.3, -0.25) is 4.68 Å². The molecular formula is C15H23N5O2S. The first-order valence-corrected chi connectivity index (χ1v) is 8.33. The summed E-state index contributed by atoms with van der Waals surface area (Å²) in [5.74, 6) is 0.386. The van der Waals surface area contributed by atoms with E-state index in [0.717, 1.165) is 10.7 Å². The van der Waals surface area contributed by atoms with E-state index in [2.05, 4.69) is 34.6 Å². The van der Waals surface area contributed by atoms with Gasteiger partial charge in [0.05, 0.1) is 30.0 Å². The number of aliphatic hydroxyl groups is 1. The van der Waals surface area contributed by atoms with E-state index in [1.165, 1.54) is 0 Å². The number of aryl methyl sites for hydroxylation is 1. The van der Waals surface area contributed by atoms with Crippen LogP contribution in [0.1, 0.15) is 43.0 Å². The maximum Gasteiger partial charge on any atom is 0.315 e. The molecule has 0 saturated carbocycles. The molecule has 0 aliphatic carbocycles. The lowest BCUT2D eigenvalue weighted by Crippen LogP contribution is -2.43. The van der Waals surface area contributed by atoms with Crippen LogP contribution in [0.2, 0.25) is 0 Å². The molecule has 0 fully saturated rings. The molecule has 3 N–H and O–H groups in total. The molecule has 23 heavy (non-hydrogen) atoms. The minimum Gasteiger partial charge on any atom is -0.383 e. The summed E-state index contributed by atoms with van der Waals surface area (Å²) in [5.41, 5.74) is 0.325. The average Bonchev–Trinajstić information content (AvgIpc) is 3.12. The number of rotatable bonds is 6. The highest BCUT2D eigenvalue weighted by atomic mass is 32.1. The van der Waals surface area contributed by atoms with Crippen LogP contribution in [-0.2, 0) is 19.2 Å². The first kappa shape index (κ1) is 17.4. The molecule has 0 bridgehead atoms. The Labute approximate surface area is 139 Å². The molecule has 2 aromatic rings. The number of carbonyl (C=O) groups is 1. The lowest BCUT2D eigenvalue weighted by molar-refractivity contribution is 0.0593. The van der Waals surface area contributed by atoms with Crippen LogP contribution in [0.3, 0.4) is 0 Å². The molecule has 7 nitrogen and oxygen atoms in total. The molecule has 0 aromatic carbocycles. The molecule has 2 heterocycles. The molecular weight excluding hydrogens is 314 g/mol. The molecule has 0 aliphatic heterocycles. The van der Waals surface area contributed by atoms with Gasteiger partial charge in [-0.05, 0) is 6.92 Å². The molecule has 0 spiro atoms. The van der Waals surface area contributed by atoms with Crippen molar-refractivity contribution in [3.63, 3.8) is 0 Å². The van der Waals surface area contributed by atoms with Crippen molar-refractivity contribution in [2.75, 3.05) is 6.54 Å². The maximum absolute atomic E-state index is 11.9. The number of nitrogens with one attached hydrogen (secondary N) is 2. The first-order chi connectivity index (χ1) is 10.8. The second-order valence-corrected chi connectivity index (χ2v) is 6.93. The minimum absolute atomic E-state index is 0.0961. The molecule has 1 unspecified atom stereocenters. The summed E-state index contributed by atoms with van der Waals surface area (Å²) in [6.07, 6.45) is 3.31. The number of hydrogen-bond donors (Lipinski definition) is 3. The summed E-state index contributed by atoms with van der Waals surface area (Å²) >= 11 is 1.59. The van der Waals surface area contributed by atoms with E-state index >= 15 is 0 Å². The van der Waals surface area contributed by atoms with E-state index in [0.29, 0.717) is 18.0 Å². The van der Waals surface area contributed by atoms with Crippen molar-refractivity contribution in [2.45, 2.75) is 38.8 Å². The summed E-state index contributed by atoms with van der Waals surface area (Å²) < 4.78 is 1.61. The zero-order valence-electron chi connectivity index (χ0n) is 13.8. The van der Waals surface area contributed by atoms with Crippen LogP contribution in [-0.4, -0.2) is 32.4 Å². The van der Waals surface area contributed by atoms with Crippen molar-refractivity contribution in [3.8, 4) is 0 Å². The van der Waals surface area contributed by atoms with Gasteiger partial charge in [0.2, 0.25) is 0 Å². The highest BCUT2D eigenvalue weighted by Crippen LogP contribution is 2.19. The Balaban J connectivity index is 1.80. The summed E-state index contributed by atoms with van der Waals surface area (Å²) in [6, 6.07) is -0.340. The van der Waals surface area contributed by atoms with E-state index in [9.17, 15) is 9.90 Å². The Morgan fingerprint density at radius 2 is 2.22 bits per heavy atom. The molecule has 2 rings (SSSR count). The molecule has 8 heteroatoms. The smallest absolute Gasteiger partial charge is 0.315 e. The van der Waals surface area contributed by atoms with Gasteiger partial charge in [0.25, 0.3) is 0 Å². The van der Waals surface area contributed by atoms with E-state index in [1.54, 1.807) is 42.4 Å². The molecule has 0 saturated heterocycles. The highest BCUT2D eigenvalue weighted by Gasteiger charge is 2.25. The van der Waals surface area contributed by atoms with Crippen LogP contribution >= 0.6 is 11.3 Å². The van der Waals surface area contributed by atoms with Gasteiger partial charge in [-0.2, -0.15) is 5.10 Å². The summed E-state index contributed by atoms with van der Waals surface area (Å²) in [7, 11) is 1.78. The Morgan fingerprint density at radius 3 is 2.78 bits per heavy atom. The van der Waals surface area contributed by atoms with Crippen LogP contribution < -0.4 is 10.6 Å². The zero-order valence-corrected chi connectivity index (χ0v) is 14.6. The highest BCUT2D eigenvalue weighted by molar-refractivity contribution is 7.09. The van der Waals surface area contributed by atoms with E-state index < -0.39 is 5.60 Å². The molecule has 126 valence electrons. The Bertz CT molecular complexity index is 662. The normalized spacial score (nSPS) is 13.8. The molecule has 0 aliphatic rings. The monoisotopic (exact) mass is 337 g/mol. The number of thiazole rings is 1. The van der Waals surface area contributed by atoms with Crippen molar-refractivity contribution < 1.29 is 9.90 Å². The standard InChI is InChI=1S/C15H23N5O2S/c1-10(2)13-19-12(8-23-13)6-16-14(21)17-9-15(3,22)11-5-18-20(4)7-11/h5,7-8,10,22H,6,9H2,1-4H3,(H2,16,17,21). The third-order valence-corrected chi connectivity index (χ3v) is 4.61. The van der Waals surface area contributed by atoms with Crippen molar-refractivity contribution in [2.24, 2.45) is 7.05 Å². The molecule has 2 aromatic heterocycles. The van der Waals surface area contributed by atoms with E-state index in [-0.39, 0.29) is 12.6 Å². The minimum atomic E-state index is -1.17. The van der Waals surface area contributed by atoms with Gasteiger partial charge < -0.3 is 15.7 Å². The van der Waals surface area contributed by atoms with Crippen LogP contribution in [0.15, 0.2) is 17.8 Å². The fourth-order valence-electron chi connectivity index (χ4n) is 1.96. The number of carbonyl (C=O) groups excluding carboxylic acids is 1. The third kappa shape index (κ3) is 4.77. The van der Waals surface area contributed by atoms with Gasteiger partial charge in [0.1, 0.15) is 5.60 Å². The quantitative estimate of drug-likeness (QED) is 0.748. The fraction of sp³-hybridized carbons (Fsp3) is 0.533. The van der Waals surface area contributed by atoms with Gasteiger partial charge in [-0.25, -0.2) is 9.78 Å². The van der Waals surface area contributed by atoms with Gasteiger partial charge in [0.15, 0.2) is 0 Å². The van der Waals surface area contributed by atoms with Crippen LogP contribution in [0.5, 0.6) is 0 Å². The number of nitrogens with zero attached hydrogens (tertiary/aromatic N) is 3. The third-order valence-electron chi connectivity index (χ3n) is 3.41. The summed E-state index contributed by atoms with van der Waals surface area (Å²) in [5, 5.41) is 22.8. The molecule has 1 atom stereocenters. The van der Waals surface area contributed by atoms with Crippen LogP contribution in [0.4, 0.5) is 4.79 Å². The topological polar surface area (TPSA) is 92.1 Å². The number of aromatic nitrogens is 3. The number of amides is 2. The van der Waals surface area contributed by atoms with Gasteiger partial charge in [0, 0.05) is 30.1 Å². The average molecular weight is 337 g/mol. The predicted octanol–water partition coefficient (Wildman–Crippen LogP) is 1.71. The predicted molar refractivity (Wildman–Crippen MR) is 89.2 cm³/mol. The zero-order chi connectivity index (χ0) is 17.0. The first-order valence-electron chi connectivity index (χ1n) is 7.45. The lowest BCUT2D eigenvalue weighted by atomic mass is 10.00. The van der Waals surface area contributed by atoms with Crippen molar-refractivity contribution in [1.29, 1.82) is 0 Å². The Kier molecular flexibility index (Phi) is 5.38. The Hall–Kier alpha value is -1.93. The van der Waals surface area contributed by atoms with Crippen molar-refractivity contribution >= 4 is 17.4 Å². The van der Waals surface area contributed by atoms with E-state index in [1.807, 2.05) is 5.38 Å². The lowest BCUT2D eigenvalue weighted by Gasteiger charge is -2.22. The van der Waals surface area contributed by atoms with Gasteiger partial charge >= 0.3 is 6.03 Å². The second kappa shape index (κ2) is 7.10. The Morgan fingerprint density at radius 1 is 1.48 bits per heavy atom. The van der Waals surface area contributed by atoms with Gasteiger partial charge in [-0.1, -0.05) is 13.8 Å². The van der Waals surface area contributed by atoms with Crippen molar-refractivity contribution in [1.82, 2.24) is 25.4 Å². The van der Waals surface area contributed by atoms with Crippen LogP contribution in [0.25, 0.3) is 0 Å². The SMILES string of the molecule is CC(C)c1nc(CNC(=O)NCC(C)(O)c2cnn(C)c2)cs1. The fourth-order valence-corrected chi connectivity index (χ4v) is 2.79. The number of urea groups is 1.